The minimum atomic E-state index is -0.541. The quantitative estimate of drug-likeness (QED) is 0.794. The van der Waals surface area contributed by atoms with Crippen LogP contribution in [0.3, 0.4) is 0 Å². The molecule has 7 heteroatoms. The maximum absolute atomic E-state index is 12.5. The van der Waals surface area contributed by atoms with E-state index in [9.17, 15) is 9.59 Å². The van der Waals surface area contributed by atoms with Crippen LogP contribution < -0.4 is 0 Å². The first kappa shape index (κ1) is 18.5. The number of likely N-dealkylation sites (tertiary alicyclic amines) is 1. The number of H-pyrrole nitrogens is 1. The first-order valence-electron chi connectivity index (χ1n) is 8.58. The molecule has 138 valence electrons. The molecule has 1 atom stereocenters. The van der Waals surface area contributed by atoms with E-state index < -0.39 is 5.60 Å². The minimum absolute atomic E-state index is 0.161. The van der Waals surface area contributed by atoms with Crippen molar-refractivity contribution in [3.8, 4) is 11.3 Å². The Kier molecular flexibility index (Phi) is 5.05. The number of nitrogens with zero attached hydrogens (tertiary/aromatic N) is 2. The van der Waals surface area contributed by atoms with Gasteiger partial charge in [0.2, 0.25) is 0 Å². The number of amides is 1. The normalized spacial score (nSPS) is 17.4. The number of hydrogen-bond donors (Lipinski definition) is 1. The summed E-state index contributed by atoms with van der Waals surface area (Å²) >= 11 is 5.96. The lowest BCUT2D eigenvalue weighted by atomic mass is 10.1. The molecule has 1 aromatic carbocycles. The summed E-state index contributed by atoms with van der Waals surface area (Å²) in [6, 6.07) is 4.97. The van der Waals surface area contributed by atoms with E-state index in [0.29, 0.717) is 23.0 Å². The molecule has 1 aromatic heterocycles. The Morgan fingerprint density at radius 2 is 2.19 bits per heavy atom. The second-order valence-electron chi connectivity index (χ2n) is 7.36. The second-order valence-corrected chi connectivity index (χ2v) is 7.80. The Morgan fingerprint density at radius 3 is 2.88 bits per heavy atom. The highest BCUT2D eigenvalue weighted by Gasteiger charge is 2.34. The fourth-order valence-electron chi connectivity index (χ4n) is 3.11. The molecule has 0 aliphatic carbocycles. The molecule has 0 bridgehead atoms. The number of nitrogens with one attached hydrogen (secondary N) is 1. The molecule has 0 saturated carbocycles. The third-order valence-corrected chi connectivity index (χ3v) is 4.46. The summed E-state index contributed by atoms with van der Waals surface area (Å²) < 4.78 is 5.50. The average Bonchev–Trinajstić information content (AvgIpc) is 3.21. The van der Waals surface area contributed by atoms with Gasteiger partial charge in [-0.15, -0.1) is 0 Å². The molecule has 1 saturated heterocycles. The van der Waals surface area contributed by atoms with Crippen LogP contribution in [0.25, 0.3) is 11.3 Å². The van der Waals surface area contributed by atoms with Gasteiger partial charge in [-0.25, -0.2) is 9.78 Å². The van der Waals surface area contributed by atoms with Gasteiger partial charge in [0.05, 0.1) is 17.9 Å². The summed E-state index contributed by atoms with van der Waals surface area (Å²) in [6.07, 6.45) is 3.81. The van der Waals surface area contributed by atoms with Crippen LogP contribution in [0.4, 0.5) is 4.79 Å². The van der Waals surface area contributed by atoms with Crippen LogP contribution in [-0.2, 0) is 4.74 Å². The van der Waals surface area contributed by atoms with Crippen molar-refractivity contribution in [1.29, 1.82) is 0 Å². The number of carbonyl (C=O) groups is 2. The van der Waals surface area contributed by atoms with Crippen LogP contribution in [-0.4, -0.2) is 39.4 Å². The number of rotatable bonds is 3. The van der Waals surface area contributed by atoms with Gasteiger partial charge in [-0.3, -0.25) is 9.69 Å². The summed E-state index contributed by atoms with van der Waals surface area (Å²) in [5, 5.41) is 0.502. The predicted octanol–water partition coefficient (Wildman–Crippen LogP) is 4.61. The highest BCUT2D eigenvalue weighted by Crippen LogP contribution is 2.33. The van der Waals surface area contributed by atoms with Crippen LogP contribution >= 0.6 is 11.6 Å². The lowest BCUT2D eigenvalue weighted by molar-refractivity contribution is 0.0218. The number of benzene rings is 1. The lowest BCUT2D eigenvalue weighted by Gasteiger charge is -2.27. The molecule has 0 unspecified atom stereocenters. The first-order chi connectivity index (χ1) is 12.3. The number of ether oxygens (including phenoxy) is 1. The maximum atomic E-state index is 12.5. The monoisotopic (exact) mass is 375 g/mol. The summed E-state index contributed by atoms with van der Waals surface area (Å²) in [4.78, 5) is 33.2. The maximum Gasteiger partial charge on any atom is 0.410 e. The largest absolute Gasteiger partial charge is 0.444 e. The molecule has 26 heavy (non-hydrogen) atoms. The van der Waals surface area contributed by atoms with Crippen molar-refractivity contribution in [2.45, 2.75) is 45.3 Å². The standard InChI is InChI=1S/C19H22ClN3O3/c1-19(2,3)26-18(25)23-8-4-5-16(23)17-21-10-15(22-17)14-7-6-13(20)9-12(14)11-24/h6-7,9-11,16H,4-5,8H2,1-3H3,(H,21,22)/t16-/m0/s1. The average molecular weight is 376 g/mol. The number of halogens is 1. The summed E-state index contributed by atoms with van der Waals surface area (Å²) in [5.41, 5.74) is 1.39. The van der Waals surface area contributed by atoms with Gasteiger partial charge in [0.15, 0.2) is 6.29 Å². The van der Waals surface area contributed by atoms with Crippen LogP contribution in [0.1, 0.15) is 55.8 Å². The van der Waals surface area contributed by atoms with Gasteiger partial charge in [-0.05, 0) is 45.7 Å². The predicted molar refractivity (Wildman–Crippen MR) is 99.3 cm³/mol. The van der Waals surface area contributed by atoms with Crippen molar-refractivity contribution in [3.05, 3.63) is 40.8 Å². The topological polar surface area (TPSA) is 75.3 Å². The Labute approximate surface area is 157 Å². The van der Waals surface area contributed by atoms with Gasteiger partial charge in [0.25, 0.3) is 0 Å². The van der Waals surface area contributed by atoms with Gasteiger partial charge in [0, 0.05) is 22.7 Å². The molecule has 2 aromatic rings. The van der Waals surface area contributed by atoms with E-state index >= 15 is 0 Å². The number of aldehydes is 1. The van der Waals surface area contributed by atoms with Crippen molar-refractivity contribution < 1.29 is 14.3 Å². The van der Waals surface area contributed by atoms with Crippen molar-refractivity contribution in [1.82, 2.24) is 14.9 Å². The van der Waals surface area contributed by atoms with E-state index in [-0.39, 0.29) is 12.1 Å². The van der Waals surface area contributed by atoms with E-state index in [4.69, 9.17) is 16.3 Å². The fourth-order valence-corrected chi connectivity index (χ4v) is 3.29. The number of imidazole rings is 1. The number of aromatic amines is 1. The van der Waals surface area contributed by atoms with E-state index in [2.05, 4.69) is 9.97 Å². The van der Waals surface area contributed by atoms with E-state index in [1.165, 1.54) is 0 Å². The van der Waals surface area contributed by atoms with Gasteiger partial charge < -0.3 is 9.72 Å². The zero-order valence-corrected chi connectivity index (χ0v) is 15.8. The van der Waals surface area contributed by atoms with Crippen LogP contribution in [0.2, 0.25) is 5.02 Å². The Balaban J connectivity index is 1.85. The fraction of sp³-hybridized carbons (Fsp3) is 0.421. The Bertz CT molecular complexity index is 826. The van der Waals surface area contributed by atoms with Crippen molar-refractivity contribution in [3.63, 3.8) is 0 Å². The number of aromatic nitrogens is 2. The van der Waals surface area contributed by atoms with Crippen LogP contribution in [0.15, 0.2) is 24.4 Å². The van der Waals surface area contributed by atoms with E-state index in [1.54, 1.807) is 29.3 Å². The molecule has 1 N–H and O–H groups in total. The third-order valence-electron chi connectivity index (χ3n) is 4.22. The molecular weight excluding hydrogens is 354 g/mol. The van der Waals surface area contributed by atoms with Crippen molar-refractivity contribution in [2.75, 3.05) is 6.54 Å². The molecular formula is C19H22ClN3O3. The smallest absolute Gasteiger partial charge is 0.410 e. The van der Waals surface area contributed by atoms with Gasteiger partial charge in [0.1, 0.15) is 11.4 Å². The molecule has 0 spiro atoms. The highest BCUT2D eigenvalue weighted by molar-refractivity contribution is 6.31. The number of carbonyl (C=O) groups excluding carboxylic acids is 2. The Morgan fingerprint density at radius 1 is 1.42 bits per heavy atom. The summed E-state index contributed by atoms with van der Waals surface area (Å²) in [5.74, 6) is 0.690. The van der Waals surface area contributed by atoms with E-state index in [1.807, 2.05) is 20.8 Å². The molecule has 2 heterocycles. The Hall–Kier alpha value is -2.34. The number of hydrogen-bond acceptors (Lipinski definition) is 4. The molecule has 1 amide bonds. The SMILES string of the molecule is CC(C)(C)OC(=O)N1CCC[C@H]1c1ncc(-c2ccc(Cl)cc2C=O)[nH]1. The molecule has 1 aliphatic rings. The van der Waals surface area contributed by atoms with E-state index in [0.717, 1.165) is 30.4 Å². The minimum Gasteiger partial charge on any atom is -0.444 e. The van der Waals surface area contributed by atoms with Gasteiger partial charge in [-0.2, -0.15) is 0 Å². The lowest BCUT2D eigenvalue weighted by Crippen LogP contribution is -2.36. The first-order valence-corrected chi connectivity index (χ1v) is 8.96. The molecule has 0 radical (unpaired) electrons. The van der Waals surface area contributed by atoms with Gasteiger partial charge in [-0.1, -0.05) is 17.7 Å². The third kappa shape index (κ3) is 3.90. The van der Waals surface area contributed by atoms with Gasteiger partial charge >= 0.3 is 6.09 Å². The van der Waals surface area contributed by atoms with Crippen LogP contribution in [0, 0.1) is 0 Å². The highest BCUT2D eigenvalue weighted by atomic mass is 35.5. The molecule has 1 fully saturated rings. The second kappa shape index (κ2) is 7.11. The van der Waals surface area contributed by atoms with Crippen LogP contribution in [0.5, 0.6) is 0 Å². The zero-order valence-electron chi connectivity index (χ0n) is 15.1. The molecule has 3 rings (SSSR count). The summed E-state index contributed by atoms with van der Waals surface area (Å²) in [6.45, 7) is 6.18. The zero-order chi connectivity index (χ0) is 18.9. The summed E-state index contributed by atoms with van der Waals surface area (Å²) in [7, 11) is 0. The molecule has 1 aliphatic heterocycles. The van der Waals surface area contributed by atoms with Crippen molar-refractivity contribution in [2.24, 2.45) is 0 Å². The molecule has 6 nitrogen and oxygen atoms in total. The van der Waals surface area contributed by atoms with Crippen molar-refractivity contribution >= 4 is 24.0 Å².